The summed E-state index contributed by atoms with van der Waals surface area (Å²) < 4.78 is 41.4. The number of nitrogens with one attached hydrogen (secondary N) is 1. The minimum absolute atomic E-state index is 0.0256. The lowest BCUT2D eigenvalue weighted by atomic mass is 10.0. The van der Waals surface area contributed by atoms with E-state index in [9.17, 15) is 22.4 Å². The largest absolute Gasteiger partial charge is 0.350 e. The van der Waals surface area contributed by atoms with Gasteiger partial charge in [-0.3, -0.25) is 13.9 Å². The van der Waals surface area contributed by atoms with Gasteiger partial charge < -0.3 is 10.2 Å². The van der Waals surface area contributed by atoms with Gasteiger partial charge in [-0.05, 0) is 50.6 Å². The number of carbonyl (C=O) groups is 2. The highest BCUT2D eigenvalue weighted by Gasteiger charge is 2.35. The minimum atomic E-state index is -4.01. The van der Waals surface area contributed by atoms with Crippen molar-refractivity contribution in [3.63, 3.8) is 0 Å². The van der Waals surface area contributed by atoms with Gasteiger partial charge in [0.1, 0.15) is 18.4 Å². The fourth-order valence-electron chi connectivity index (χ4n) is 4.10. The highest BCUT2D eigenvalue weighted by Crippen LogP contribution is 2.31. The number of sulfonamides is 1. The van der Waals surface area contributed by atoms with Crippen LogP contribution in [0.2, 0.25) is 10.0 Å². The van der Waals surface area contributed by atoms with Crippen LogP contribution in [0.4, 0.5) is 10.1 Å². The molecule has 1 atom stereocenters. The van der Waals surface area contributed by atoms with E-state index in [0.29, 0.717) is 0 Å². The summed E-state index contributed by atoms with van der Waals surface area (Å²) in [6.45, 7) is 4.47. The van der Waals surface area contributed by atoms with E-state index in [1.165, 1.54) is 41.3 Å². The van der Waals surface area contributed by atoms with E-state index in [1.54, 1.807) is 26.8 Å². The maximum atomic E-state index is 14.8. The first-order valence-electron chi connectivity index (χ1n) is 12.5. The lowest BCUT2D eigenvalue weighted by Crippen LogP contribution is -2.56. The molecule has 0 saturated carbocycles. The molecule has 3 rings (SSSR count). The van der Waals surface area contributed by atoms with Crippen LogP contribution in [0.1, 0.15) is 31.9 Å². The molecule has 0 spiro atoms. The van der Waals surface area contributed by atoms with Gasteiger partial charge in [0.05, 0.1) is 17.0 Å². The fourth-order valence-corrected chi connectivity index (χ4v) is 5.52. The Bertz CT molecular complexity index is 1460. The topological polar surface area (TPSA) is 86.8 Å². The van der Waals surface area contributed by atoms with Crippen LogP contribution in [0, 0.1) is 5.82 Å². The molecule has 0 aliphatic rings. The van der Waals surface area contributed by atoms with Gasteiger partial charge in [-0.1, -0.05) is 71.7 Å². The summed E-state index contributed by atoms with van der Waals surface area (Å²) in [4.78, 5) is 28.9. The molecule has 0 radical (unpaired) electrons. The molecule has 0 bridgehead atoms. The van der Waals surface area contributed by atoms with Crippen molar-refractivity contribution in [1.29, 1.82) is 0 Å². The summed E-state index contributed by atoms with van der Waals surface area (Å²) in [6, 6.07) is 18.1. The van der Waals surface area contributed by atoms with Gasteiger partial charge in [0.25, 0.3) is 0 Å². The van der Waals surface area contributed by atoms with E-state index in [0.717, 1.165) is 16.1 Å². The van der Waals surface area contributed by atoms with Gasteiger partial charge >= 0.3 is 0 Å². The third-order valence-corrected chi connectivity index (χ3v) is 7.59. The molecule has 40 heavy (non-hydrogen) atoms. The molecule has 2 amide bonds. The molecular formula is C29H32Cl2FN3O4S. The number of rotatable bonds is 10. The Hall–Kier alpha value is -3.14. The Morgan fingerprint density at radius 2 is 1.60 bits per heavy atom. The van der Waals surface area contributed by atoms with E-state index in [1.807, 2.05) is 30.3 Å². The molecule has 0 aromatic heterocycles. The zero-order valence-corrected chi connectivity index (χ0v) is 25.0. The molecule has 0 fully saturated rings. The summed E-state index contributed by atoms with van der Waals surface area (Å²) in [5.74, 6) is -1.74. The molecule has 0 saturated heterocycles. The van der Waals surface area contributed by atoms with Crippen LogP contribution in [-0.2, 0) is 32.6 Å². The highest BCUT2D eigenvalue weighted by molar-refractivity contribution is 7.92. The van der Waals surface area contributed by atoms with Crippen molar-refractivity contribution < 1.29 is 22.4 Å². The average Bonchev–Trinajstić information content (AvgIpc) is 2.85. The van der Waals surface area contributed by atoms with Gasteiger partial charge in [0.2, 0.25) is 21.8 Å². The van der Waals surface area contributed by atoms with Gasteiger partial charge in [-0.25, -0.2) is 12.8 Å². The first-order chi connectivity index (χ1) is 18.7. The van der Waals surface area contributed by atoms with Crippen LogP contribution in [0.3, 0.4) is 0 Å². The summed E-state index contributed by atoms with van der Waals surface area (Å²) in [5, 5.41) is 3.23. The van der Waals surface area contributed by atoms with Crippen molar-refractivity contribution in [3.8, 4) is 0 Å². The molecule has 0 aliphatic carbocycles. The molecule has 0 aliphatic heterocycles. The second-order valence-electron chi connectivity index (χ2n) is 10.4. The van der Waals surface area contributed by atoms with Crippen molar-refractivity contribution >= 4 is 50.7 Å². The zero-order chi connectivity index (χ0) is 29.7. The number of nitrogens with zero attached hydrogens (tertiary/aromatic N) is 2. The Morgan fingerprint density at radius 3 is 2.17 bits per heavy atom. The summed E-state index contributed by atoms with van der Waals surface area (Å²) >= 11 is 12.3. The molecule has 1 N–H and O–H groups in total. The van der Waals surface area contributed by atoms with E-state index in [2.05, 4.69) is 5.32 Å². The number of hydrogen-bond donors (Lipinski definition) is 1. The number of anilines is 1. The number of amides is 2. The third kappa shape index (κ3) is 8.68. The highest BCUT2D eigenvalue weighted by atomic mass is 35.5. The van der Waals surface area contributed by atoms with E-state index >= 15 is 0 Å². The summed E-state index contributed by atoms with van der Waals surface area (Å²) in [6.07, 6.45) is 1.06. The zero-order valence-electron chi connectivity index (χ0n) is 22.7. The first-order valence-corrected chi connectivity index (χ1v) is 15.1. The quantitative estimate of drug-likeness (QED) is 0.332. The lowest BCUT2D eigenvalue weighted by molar-refractivity contribution is -0.140. The average molecular weight is 609 g/mol. The maximum absolute atomic E-state index is 14.8. The molecular weight excluding hydrogens is 576 g/mol. The van der Waals surface area contributed by atoms with Crippen molar-refractivity contribution in [1.82, 2.24) is 10.2 Å². The van der Waals surface area contributed by atoms with Crippen LogP contribution >= 0.6 is 23.2 Å². The van der Waals surface area contributed by atoms with Gasteiger partial charge in [0.15, 0.2) is 0 Å². The SMILES string of the molecule is CC(C)(C)NC(=O)C(Cc1ccccc1)N(Cc1ccccc1F)C(=O)CN(c1ccc(Cl)cc1Cl)S(C)(=O)=O. The fraction of sp³-hybridized carbons (Fsp3) is 0.310. The Kier molecular flexibility index (Phi) is 10.2. The molecule has 3 aromatic carbocycles. The normalized spacial score (nSPS) is 12.5. The molecule has 1 unspecified atom stereocenters. The van der Waals surface area contributed by atoms with Gasteiger partial charge in [-0.15, -0.1) is 0 Å². The Labute approximate surface area is 244 Å². The molecule has 214 valence electrons. The van der Waals surface area contributed by atoms with Crippen molar-refractivity contribution in [2.75, 3.05) is 17.1 Å². The van der Waals surface area contributed by atoms with Crippen LogP contribution in [0.15, 0.2) is 72.8 Å². The maximum Gasteiger partial charge on any atom is 0.244 e. The van der Waals surface area contributed by atoms with Crippen LogP contribution in [0.25, 0.3) is 0 Å². The summed E-state index contributed by atoms with van der Waals surface area (Å²) in [5.41, 5.74) is 0.358. The number of halogens is 3. The number of benzene rings is 3. The van der Waals surface area contributed by atoms with Crippen LogP contribution in [0.5, 0.6) is 0 Å². The Balaban J connectivity index is 2.10. The standard InChI is InChI=1S/C29H32Cl2FN3O4S/c1-29(2,3)33-28(37)26(16-20-10-6-5-7-11-20)34(18-21-12-8-9-13-24(21)32)27(36)19-35(40(4,38)39)25-15-14-22(30)17-23(25)31/h5-15,17,26H,16,18-19H2,1-4H3,(H,33,37). The van der Waals surface area contributed by atoms with E-state index in [4.69, 9.17) is 23.2 Å². The van der Waals surface area contributed by atoms with Gasteiger partial charge in [0, 0.05) is 29.1 Å². The second kappa shape index (κ2) is 13.0. The monoisotopic (exact) mass is 607 g/mol. The Morgan fingerprint density at radius 1 is 0.975 bits per heavy atom. The smallest absolute Gasteiger partial charge is 0.244 e. The number of hydrogen-bond acceptors (Lipinski definition) is 4. The van der Waals surface area contributed by atoms with Crippen LogP contribution < -0.4 is 9.62 Å². The molecule has 3 aromatic rings. The predicted molar refractivity (Wildman–Crippen MR) is 157 cm³/mol. The van der Waals surface area contributed by atoms with Gasteiger partial charge in [-0.2, -0.15) is 0 Å². The predicted octanol–water partition coefficient (Wildman–Crippen LogP) is 5.45. The van der Waals surface area contributed by atoms with Crippen molar-refractivity contribution in [2.24, 2.45) is 0 Å². The minimum Gasteiger partial charge on any atom is -0.350 e. The van der Waals surface area contributed by atoms with E-state index < -0.39 is 45.8 Å². The molecule has 7 nitrogen and oxygen atoms in total. The lowest BCUT2D eigenvalue weighted by Gasteiger charge is -2.35. The van der Waals surface area contributed by atoms with E-state index in [-0.39, 0.29) is 34.3 Å². The van der Waals surface area contributed by atoms with Crippen LogP contribution in [-0.4, -0.2) is 49.5 Å². The molecule has 0 heterocycles. The number of carbonyl (C=O) groups excluding carboxylic acids is 2. The second-order valence-corrected chi connectivity index (χ2v) is 13.2. The first kappa shape index (κ1) is 31.4. The van der Waals surface area contributed by atoms with Crippen molar-refractivity contribution in [2.45, 2.75) is 45.3 Å². The van der Waals surface area contributed by atoms with Crippen molar-refractivity contribution in [3.05, 3.63) is 99.8 Å². The summed E-state index contributed by atoms with van der Waals surface area (Å²) in [7, 11) is -4.01. The molecule has 11 heteroatoms. The third-order valence-electron chi connectivity index (χ3n) is 5.93.